The second-order valence-corrected chi connectivity index (χ2v) is 7.70. The van der Waals surface area contributed by atoms with Crippen LogP contribution in [0, 0.1) is 0 Å². The van der Waals surface area contributed by atoms with Crippen LogP contribution < -0.4 is 0 Å². The molecular formula is C19H24O2. The van der Waals surface area contributed by atoms with Crippen molar-refractivity contribution in [2.24, 2.45) is 0 Å². The number of hydrogen-bond acceptors (Lipinski definition) is 1. The lowest BCUT2D eigenvalue weighted by Gasteiger charge is -2.30. The number of carbonyl (C=O) groups is 1. The van der Waals surface area contributed by atoms with E-state index in [1.807, 2.05) is 24.3 Å². The van der Waals surface area contributed by atoms with Gasteiger partial charge in [0.05, 0.1) is 5.56 Å². The maximum absolute atomic E-state index is 12.0. The van der Waals surface area contributed by atoms with Gasteiger partial charge in [-0.25, -0.2) is 4.79 Å². The molecule has 21 heavy (non-hydrogen) atoms. The number of hydrogen-bond donors (Lipinski definition) is 1. The number of fused-ring (bicyclic) bond motifs is 1. The van der Waals surface area contributed by atoms with E-state index in [9.17, 15) is 9.90 Å². The molecule has 2 aromatic carbocycles. The van der Waals surface area contributed by atoms with Crippen molar-refractivity contribution in [2.75, 3.05) is 0 Å². The Balaban J connectivity index is 3.06. The minimum Gasteiger partial charge on any atom is -0.478 e. The minimum absolute atomic E-state index is 0.211. The van der Waals surface area contributed by atoms with Crippen molar-refractivity contribution >= 4 is 16.7 Å². The van der Waals surface area contributed by atoms with Crippen LogP contribution in [-0.2, 0) is 10.8 Å². The standard InChI is InChI=1S/C19H24O2/c1-18(2,3)14-11-12-9-7-8-10-13(12)16(19(4,5)6)15(14)17(20)21/h7-11H,1-6H3,(H,20,21). The number of benzene rings is 2. The van der Waals surface area contributed by atoms with E-state index in [0.29, 0.717) is 5.56 Å². The molecule has 0 saturated carbocycles. The Morgan fingerprint density at radius 3 is 2.00 bits per heavy atom. The van der Waals surface area contributed by atoms with Gasteiger partial charge in [-0.05, 0) is 38.8 Å². The third-order valence-electron chi connectivity index (χ3n) is 3.82. The molecule has 112 valence electrons. The zero-order valence-corrected chi connectivity index (χ0v) is 13.7. The highest BCUT2D eigenvalue weighted by Gasteiger charge is 2.31. The van der Waals surface area contributed by atoms with Crippen LogP contribution in [0.15, 0.2) is 30.3 Å². The summed E-state index contributed by atoms with van der Waals surface area (Å²) in [6, 6.07) is 10.1. The molecule has 0 saturated heterocycles. The molecule has 1 N–H and O–H groups in total. The van der Waals surface area contributed by atoms with E-state index in [0.717, 1.165) is 21.9 Å². The first-order chi connectivity index (χ1) is 9.53. The highest BCUT2D eigenvalue weighted by Crippen LogP contribution is 2.39. The lowest BCUT2D eigenvalue weighted by Crippen LogP contribution is -2.24. The van der Waals surface area contributed by atoms with Crippen LogP contribution in [0.4, 0.5) is 0 Å². The summed E-state index contributed by atoms with van der Waals surface area (Å²) in [5.41, 5.74) is 1.86. The van der Waals surface area contributed by atoms with Gasteiger partial charge in [0.25, 0.3) is 0 Å². The van der Waals surface area contributed by atoms with Gasteiger partial charge in [-0.3, -0.25) is 0 Å². The Morgan fingerprint density at radius 2 is 1.52 bits per heavy atom. The van der Waals surface area contributed by atoms with Gasteiger partial charge in [0, 0.05) is 0 Å². The molecular weight excluding hydrogens is 260 g/mol. The van der Waals surface area contributed by atoms with Crippen LogP contribution in [-0.4, -0.2) is 11.1 Å². The van der Waals surface area contributed by atoms with Crippen LogP contribution >= 0.6 is 0 Å². The lowest BCUT2D eigenvalue weighted by molar-refractivity contribution is 0.0691. The van der Waals surface area contributed by atoms with Crippen LogP contribution in [0.2, 0.25) is 0 Å². The fourth-order valence-electron chi connectivity index (χ4n) is 2.94. The molecule has 0 atom stereocenters. The zero-order valence-electron chi connectivity index (χ0n) is 13.7. The molecule has 2 rings (SSSR count). The summed E-state index contributed by atoms with van der Waals surface area (Å²) in [5.74, 6) is -0.837. The molecule has 0 amide bonds. The van der Waals surface area contributed by atoms with Crippen LogP contribution in [0.5, 0.6) is 0 Å². The third kappa shape index (κ3) is 2.80. The first-order valence-electron chi connectivity index (χ1n) is 7.33. The van der Waals surface area contributed by atoms with E-state index < -0.39 is 5.97 Å². The van der Waals surface area contributed by atoms with Gasteiger partial charge in [0.15, 0.2) is 0 Å². The number of carboxylic acid groups (broad SMARTS) is 1. The highest BCUT2D eigenvalue weighted by atomic mass is 16.4. The number of aromatic carboxylic acids is 1. The maximum Gasteiger partial charge on any atom is 0.336 e. The predicted molar refractivity (Wildman–Crippen MR) is 88.3 cm³/mol. The number of rotatable bonds is 1. The summed E-state index contributed by atoms with van der Waals surface area (Å²) in [5, 5.41) is 12.0. The molecule has 2 nitrogen and oxygen atoms in total. The average Bonchev–Trinajstić information content (AvgIpc) is 2.33. The molecule has 2 heteroatoms. The molecule has 2 aromatic rings. The van der Waals surface area contributed by atoms with Gasteiger partial charge >= 0.3 is 5.97 Å². The third-order valence-corrected chi connectivity index (χ3v) is 3.82. The molecule has 0 aliphatic carbocycles. The number of carboxylic acids is 1. The maximum atomic E-state index is 12.0. The lowest BCUT2D eigenvalue weighted by atomic mass is 9.74. The molecule has 0 bridgehead atoms. The molecule has 0 fully saturated rings. The molecule has 0 aromatic heterocycles. The Morgan fingerprint density at radius 1 is 0.952 bits per heavy atom. The molecule has 0 aliphatic heterocycles. The van der Waals surface area contributed by atoms with Crippen LogP contribution in [0.1, 0.15) is 63.0 Å². The van der Waals surface area contributed by atoms with E-state index in [4.69, 9.17) is 0 Å². The van der Waals surface area contributed by atoms with E-state index in [1.54, 1.807) is 0 Å². The summed E-state index contributed by atoms with van der Waals surface area (Å²) in [6.07, 6.45) is 0. The van der Waals surface area contributed by atoms with Gasteiger partial charge in [-0.1, -0.05) is 65.8 Å². The second-order valence-electron chi connectivity index (χ2n) is 7.70. The Bertz CT molecular complexity index is 698. The first kappa shape index (κ1) is 15.6. The monoisotopic (exact) mass is 284 g/mol. The SMILES string of the molecule is CC(C)(C)c1cc2ccccc2c(C(C)(C)C)c1C(=O)O. The van der Waals surface area contributed by atoms with Crippen molar-refractivity contribution in [1.29, 1.82) is 0 Å². The van der Waals surface area contributed by atoms with Crippen molar-refractivity contribution in [3.05, 3.63) is 47.0 Å². The largest absolute Gasteiger partial charge is 0.478 e. The highest BCUT2D eigenvalue weighted by molar-refractivity contribution is 6.00. The fourth-order valence-corrected chi connectivity index (χ4v) is 2.94. The fraction of sp³-hybridized carbons (Fsp3) is 0.421. The van der Waals surface area contributed by atoms with Crippen LogP contribution in [0.3, 0.4) is 0 Å². The van der Waals surface area contributed by atoms with E-state index in [2.05, 4.69) is 47.6 Å². The summed E-state index contributed by atoms with van der Waals surface area (Å²) in [6.45, 7) is 12.4. The minimum atomic E-state index is -0.837. The van der Waals surface area contributed by atoms with E-state index in [1.165, 1.54) is 0 Å². The molecule has 0 radical (unpaired) electrons. The van der Waals surface area contributed by atoms with Gasteiger partial charge in [0.2, 0.25) is 0 Å². The summed E-state index contributed by atoms with van der Waals surface area (Å²) >= 11 is 0. The second kappa shape index (κ2) is 4.87. The van der Waals surface area contributed by atoms with Crippen molar-refractivity contribution in [3.63, 3.8) is 0 Å². The van der Waals surface area contributed by atoms with Gasteiger partial charge < -0.3 is 5.11 Å². The Hall–Kier alpha value is -1.83. The molecule has 0 heterocycles. The van der Waals surface area contributed by atoms with Crippen LogP contribution in [0.25, 0.3) is 10.8 Å². The molecule has 0 spiro atoms. The van der Waals surface area contributed by atoms with Gasteiger partial charge in [-0.2, -0.15) is 0 Å². The quantitative estimate of drug-likeness (QED) is 0.788. The average molecular weight is 284 g/mol. The van der Waals surface area contributed by atoms with Gasteiger partial charge in [-0.15, -0.1) is 0 Å². The molecule has 0 unspecified atom stereocenters. The summed E-state index contributed by atoms with van der Waals surface area (Å²) in [4.78, 5) is 12.0. The van der Waals surface area contributed by atoms with Gasteiger partial charge in [0.1, 0.15) is 0 Å². The van der Waals surface area contributed by atoms with Crippen molar-refractivity contribution in [3.8, 4) is 0 Å². The van der Waals surface area contributed by atoms with Crippen molar-refractivity contribution < 1.29 is 9.90 Å². The summed E-state index contributed by atoms with van der Waals surface area (Å²) < 4.78 is 0. The Kier molecular flexibility index (Phi) is 3.61. The van der Waals surface area contributed by atoms with E-state index in [-0.39, 0.29) is 10.8 Å². The predicted octanol–water partition coefficient (Wildman–Crippen LogP) is 5.13. The van der Waals surface area contributed by atoms with Crippen molar-refractivity contribution in [1.82, 2.24) is 0 Å². The van der Waals surface area contributed by atoms with E-state index >= 15 is 0 Å². The Labute approximate surface area is 126 Å². The van der Waals surface area contributed by atoms with Crippen molar-refractivity contribution in [2.45, 2.75) is 52.4 Å². The summed E-state index contributed by atoms with van der Waals surface area (Å²) in [7, 11) is 0. The normalized spacial score (nSPS) is 12.7. The first-order valence-corrected chi connectivity index (χ1v) is 7.33. The smallest absolute Gasteiger partial charge is 0.336 e. The molecule has 0 aliphatic rings. The topological polar surface area (TPSA) is 37.3 Å². The zero-order chi connectivity index (χ0) is 16.0.